The number of carboxylic acid groups (broad SMARTS) is 1. The Morgan fingerprint density at radius 1 is 1.52 bits per heavy atom. The summed E-state index contributed by atoms with van der Waals surface area (Å²) in [6, 6.07) is 6.86. The second kappa shape index (κ2) is 7.99. The molecule has 1 amide bonds. The van der Waals surface area contributed by atoms with E-state index in [0.29, 0.717) is 21.4 Å². The Morgan fingerprint density at radius 2 is 2.26 bits per heavy atom. The van der Waals surface area contributed by atoms with Gasteiger partial charge < -0.3 is 5.11 Å². The van der Waals surface area contributed by atoms with Gasteiger partial charge in [-0.1, -0.05) is 53.8 Å². The number of carbonyl (C=O) groups excluding carboxylic acids is 1. The van der Waals surface area contributed by atoms with Gasteiger partial charge in [0.25, 0.3) is 5.91 Å². The first-order valence-corrected chi connectivity index (χ1v) is 9.61. The molecule has 122 valence electrons. The first kappa shape index (κ1) is 18.0. The SMILES string of the molecule is CSCC[C@H](C(=O)O)N1C(=O)/C(=C\c2cccc(C)c2)SC1=S. The lowest BCUT2D eigenvalue weighted by Gasteiger charge is -2.22. The monoisotopic (exact) mass is 367 g/mol. The molecule has 1 fully saturated rings. The predicted octanol–water partition coefficient (Wildman–Crippen LogP) is 3.40. The molecule has 0 saturated carbocycles. The quantitative estimate of drug-likeness (QED) is 0.614. The summed E-state index contributed by atoms with van der Waals surface area (Å²) in [4.78, 5) is 25.8. The average Bonchev–Trinajstić information content (AvgIpc) is 2.75. The van der Waals surface area contributed by atoms with E-state index in [0.717, 1.165) is 22.9 Å². The Labute approximate surface area is 149 Å². The van der Waals surface area contributed by atoms with Crippen molar-refractivity contribution < 1.29 is 14.7 Å². The maximum atomic E-state index is 12.6. The molecule has 1 aromatic carbocycles. The summed E-state index contributed by atoms with van der Waals surface area (Å²) in [5.41, 5.74) is 2.00. The fourth-order valence-corrected chi connectivity index (χ4v) is 4.07. The number of benzene rings is 1. The van der Waals surface area contributed by atoms with Crippen molar-refractivity contribution in [1.29, 1.82) is 0 Å². The highest BCUT2D eigenvalue weighted by atomic mass is 32.2. The van der Waals surface area contributed by atoms with Crippen LogP contribution in [0.4, 0.5) is 0 Å². The van der Waals surface area contributed by atoms with Gasteiger partial charge in [0.15, 0.2) is 0 Å². The molecule has 0 bridgehead atoms. The number of aryl methyl sites for hydroxylation is 1. The van der Waals surface area contributed by atoms with Gasteiger partial charge in [-0.05, 0) is 37.0 Å². The van der Waals surface area contributed by atoms with Crippen molar-refractivity contribution in [3.63, 3.8) is 0 Å². The fraction of sp³-hybridized carbons (Fsp3) is 0.312. The highest BCUT2D eigenvalue weighted by Crippen LogP contribution is 2.34. The van der Waals surface area contributed by atoms with Crippen LogP contribution in [0.2, 0.25) is 0 Å². The standard InChI is InChI=1S/C16H17NO3S3/c1-10-4-3-5-11(8-10)9-13-14(18)17(16(21)23-13)12(15(19)20)6-7-22-2/h3-5,8-9,12H,6-7H2,1-2H3,(H,19,20)/b13-9+/t12-/m1/s1. The van der Waals surface area contributed by atoms with Gasteiger partial charge in [-0.25, -0.2) is 4.79 Å². The van der Waals surface area contributed by atoms with Crippen LogP contribution in [0.5, 0.6) is 0 Å². The minimum Gasteiger partial charge on any atom is -0.480 e. The molecule has 4 nitrogen and oxygen atoms in total. The van der Waals surface area contributed by atoms with Crippen LogP contribution >= 0.6 is 35.7 Å². The number of amides is 1. The molecule has 0 spiro atoms. The summed E-state index contributed by atoms with van der Waals surface area (Å²) >= 11 is 7.95. The third kappa shape index (κ3) is 4.37. The van der Waals surface area contributed by atoms with E-state index in [9.17, 15) is 14.7 Å². The first-order chi connectivity index (χ1) is 10.9. The lowest BCUT2D eigenvalue weighted by Crippen LogP contribution is -2.44. The molecule has 23 heavy (non-hydrogen) atoms. The zero-order chi connectivity index (χ0) is 17.0. The van der Waals surface area contributed by atoms with Crippen LogP contribution in [-0.2, 0) is 9.59 Å². The highest BCUT2D eigenvalue weighted by molar-refractivity contribution is 8.26. The van der Waals surface area contributed by atoms with E-state index in [1.807, 2.05) is 37.4 Å². The second-order valence-electron chi connectivity index (χ2n) is 5.10. The molecule has 1 atom stereocenters. The van der Waals surface area contributed by atoms with Crippen LogP contribution in [0.15, 0.2) is 29.2 Å². The molecule has 0 aromatic heterocycles. The molecule has 1 heterocycles. The fourth-order valence-electron chi connectivity index (χ4n) is 2.25. The number of rotatable bonds is 6. The van der Waals surface area contributed by atoms with E-state index in [1.165, 1.54) is 4.90 Å². The maximum absolute atomic E-state index is 12.6. The topological polar surface area (TPSA) is 57.6 Å². The minimum atomic E-state index is -1.02. The molecule has 0 unspecified atom stereocenters. The molecule has 0 aliphatic carbocycles. The zero-order valence-corrected chi connectivity index (χ0v) is 15.3. The van der Waals surface area contributed by atoms with Gasteiger partial charge in [0.05, 0.1) is 4.91 Å². The lowest BCUT2D eigenvalue weighted by atomic mass is 10.1. The molecule has 1 aliphatic rings. The number of carbonyl (C=O) groups is 2. The van der Waals surface area contributed by atoms with Crippen LogP contribution in [0, 0.1) is 6.92 Å². The van der Waals surface area contributed by atoms with Crippen LogP contribution in [0.3, 0.4) is 0 Å². The molecule has 1 aromatic rings. The van der Waals surface area contributed by atoms with E-state index in [-0.39, 0.29) is 5.91 Å². The predicted molar refractivity (Wildman–Crippen MR) is 101 cm³/mol. The van der Waals surface area contributed by atoms with Gasteiger partial charge in [-0.3, -0.25) is 9.69 Å². The van der Waals surface area contributed by atoms with Crippen LogP contribution in [0.25, 0.3) is 6.08 Å². The molecule has 1 N–H and O–H groups in total. The summed E-state index contributed by atoms with van der Waals surface area (Å²) in [6.07, 6.45) is 4.04. The van der Waals surface area contributed by atoms with Crippen molar-refractivity contribution in [2.75, 3.05) is 12.0 Å². The third-order valence-electron chi connectivity index (χ3n) is 3.36. The molecular weight excluding hydrogens is 350 g/mol. The van der Waals surface area contributed by atoms with Gasteiger partial charge in [-0.15, -0.1) is 0 Å². The second-order valence-corrected chi connectivity index (χ2v) is 7.76. The molecule has 1 aliphatic heterocycles. The average molecular weight is 368 g/mol. The summed E-state index contributed by atoms with van der Waals surface area (Å²) in [5, 5.41) is 9.42. The zero-order valence-electron chi connectivity index (χ0n) is 12.8. The van der Waals surface area contributed by atoms with Gasteiger partial charge >= 0.3 is 5.97 Å². The van der Waals surface area contributed by atoms with E-state index in [4.69, 9.17) is 12.2 Å². The van der Waals surface area contributed by atoms with Crippen molar-refractivity contribution in [3.05, 3.63) is 40.3 Å². The molecule has 1 saturated heterocycles. The van der Waals surface area contributed by atoms with Crippen molar-refractivity contribution >= 4 is 58.0 Å². The normalized spacial score (nSPS) is 17.8. The van der Waals surface area contributed by atoms with Gasteiger partial charge in [0.1, 0.15) is 10.4 Å². The summed E-state index contributed by atoms with van der Waals surface area (Å²) in [5.74, 6) is -0.688. The van der Waals surface area contributed by atoms with Crippen molar-refractivity contribution in [2.24, 2.45) is 0 Å². The van der Waals surface area contributed by atoms with Gasteiger partial charge in [-0.2, -0.15) is 11.8 Å². The van der Waals surface area contributed by atoms with Crippen LogP contribution < -0.4 is 0 Å². The van der Waals surface area contributed by atoms with E-state index in [2.05, 4.69) is 0 Å². The number of thiocarbonyl (C=S) groups is 1. The maximum Gasteiger partial charge on any atom is 0.326 e. The van der Waals surface area contributed by atoms with Crippen LogP contribution in [0.1, 0.15) is 17.5 Å². The molecule has 7 heteroatoms. The van der Waals surface area contributed by atoms with E-state index >= 15 is 0 Å². The van der Waals surface area contributed by atoms with Crippen LogP contribution in [-0.4, -0.2) is 44.3 Å². The minimum absolute atomic E-state index is 0.308. The van der Waals surface area contributed by atoms with E-state index in [1.54, 1.807) is 17.8 Å². The molecule has 2 rings (SSSR count). The number of aliphatic carboxylic acids is 1. The Kier molecular flexibility index (Phi) is 6.26. The van der Waals surface area contributed by atoms with Gasteiger partial charge in [0, 0.05) is 0 Å². The third-order valence-corrected chi connectivity index (χ3v) is 5.33. The lowest BCUT2D eigenvalue weighted by molar-refractivity contribution is -0.145. The van der Waals surface area contributed by atoms with Crippen molar-refractivity contribution in [2.45, 2.75) is 19.4 Å². The summed E-state index contributed by atoms with van der Waals surface area (Å²) in [6.45, 7) is 1.98. The highest BCUT2D eigenvalue weighted by Gasteiger charge is 2.40. The Hall–Kier alpha value is -1.31. The smallest absolute Gasteiger partial charge is 0.326 e. The Bertz CT molecular complexity index is 672. The largest absolute Gasteiger partial charge is 0.480 e. The van der Waals surface area contributed by atoms with Crippen molar-refractivity contribution in [1.82, 2.24) is 4.90 Å². The molecule has 0 radical (unpaired) electrons. The number of thioether (sulfide) groups is 2. The Balaban J connectivity index is 2.26. The number of carboxylic acids is 1. The Morgan fingerprint density at radius 3 is 2.87 bits per heavy atom. The number of hydrogen-bond donors (Lipinski definition) is 1. The number of hydrogen-bond acceptors (Lipinski definition) is 5. The first-order valence-electron chi connectivity index (χ1n) is 6.99. The molecular formula is C16H17NO3S3. The van der Waals surface area contributed by atoms with Gasteiger partial charge in [0.2, 0.25) is 0 Å². The van der Waals surface area contributed by atoms with Crippen molar-refractivity contribution in [3.8, 4) is 0 Å². The summed E-state index contributed by atoms with van der Waals surface area (Å²) in [7, 11) is 0. The number of nitrogens with zero attached hydrogens (tertiary/aromatic N) is 1. The summed E-state index contributed by atoms with van der Waals surface area (Å²) < 4.78 is 0.308. The van der Waals surface area contributed by atoms with E-state index < -0.39 is 12.0 Å².